The van der Waals surface area contributed by atoms with E-state index in [1.54, 1.807) is 10.4 Å². The summed E-state index contributed by atoms with van der Waals surface area (Å²) in [6.07, 6.45) is 1.22. The van der Waals surface area contributed by atoms with Gasteiger partial charge in [-0.2, -0.15) is 0 Å². The Morgan fingerprint density at radius 2 is 2.06 bits per heavy atom. The van der Waals surface area contributed by atoms with E-state index in [0.717, 1.165) is 13.1 Å². The maximum absolute atomic E-state index is 2.55. The zero-order chi connectivity index (χ0) is 11.7. The van der Waals surface area contributed by atoms with Crippen molar-refractivity contribution in [2.24, 2.45) is 0 Å². The molecule has 0 amide bonds. The molecule has 0 atom stereocenters. The van der Waals surface area contributed by atoms with Crippen LogP contribution in [0.2, 0.25) is 0 Å². The minimum Gasteiger partial charge on any atom is -0.294 e. The Morgan fingerprint density at radius 1 is 1.24 bits per heavy atom. The SMILES string of the molecule is Cc1cc2c(s1)CCN(Cc1ccccc1)C2. The maximum atomic E-state index is 2.55. The van der Waals surface area contributed by atoms with E-state index in [-0.39, 0.29) is 0 Å². The lowest BCUT2D eigenvalue weighted by Gasteiger charge is -2.26. The van der Waals surface area contributed by atoms with Crippen LogP contribution in [0.3, 0.4) is 0 Å². The second-order valence-corrected chi connectivity index (χ2v) is 6.09. The van der Waals surface area contributed by atoms with E-state index in [9.17, 15) is 0 Å². The lowest BCUT2D eigenvalue weighted by atomic mass is 10.1. The molecule has 17 heavy (non-hydrogen) atoms. The van der Waals surface area contributed by atoms with Crippen molar-refractivity contribution in [3.63, 3.8) is 0 Å². The van der Waals surface area contributed by atoms with Gasteiger partial charge in [0.2, 0.25) is 0 Å². The molecule has 0 bridgehead atoms. The first-order valence-corrected chi connectivity index (χ1v) is 6.97. The Balaban J connectivity index is 1.72. The smallest absolute Gasteiger partial charge is 0.0248 e. The number of thiophene rings is 1. The van der Waals surface area contributed by atoms with Crippen LogP contribution >= 0.6 is 11.3 Å². The van der Waals surface area contributed by atoms with Crippen molar-refractivity contribution in [1.29, 1.82) is 0 Å². The van der Waals surface area contributed by atoms with Gasteiger partial charge in [-0.25, -0.2) is 0 Å². The number of rotatable bonds is 2. The summed E-state index contributed by atoms with van der Waals surface area (Å²) in [4.78, 5) is 5.60. The Kier molecular flexibility index (Phi) is 3.00. The molecule has 1 aliphatic heterocycles. The summed E-state index contributed by atoms with van der Waals surface area (Å²) in [6.45, 7) is 5.61. The molecule has 2 heteroatoms. The van der Waals surface area contributed by atoms with Gasteiger partial charge in [-0.3, -0.25) is 4.90 Å². The van der Waals surface area contributed by atoms with Crippen molar-refractivity contribution in [2.45, 2.75) is 26.4 Å². The summed E-state index contributed by atoms with van der Waals surface area (Å²) in [7, 11) is 0. The van der Waals surface area contributed by atoms with Gasteiger partial charge < -0.3 is 0 Å². The van der Waals surface area contributed by atoms with Crippen LogP contribution in [0.4, 0.5) is 0 Å². The molecule has 0 saturated heterocycles. The molecule has 0 saturated carbocycles. The number of aryl methyl sites for hydroxylation is 1. The lowest BCUT2D eigenvalue weighted by Crippen LogP contribution is -2.29. The third kappa shape index (κ3) is 2.43. The van der Waals surface area contributed by atoms with Crippen molar-refractivity contribution in [1.82, 2.24) is 4.90 Å². The van der Waals surface area contributed by atoms with Gasteiger partial charge in [0.05, 0.1) is 0 Å². The fourth-order valence-corrected chi connectivity index (χ4v) is 3.55. The van der Waals surface area contributed by atoms with Crippen LogP contribution in [-0.4, -0.2) is 11.4 Å². The molecule has 3 rings (SSSR count). The van der Waals surface area contributed by atoms with Crippen LogP contribution in [0.25, 0.3) is 0 Å². The van der Waals surface area contributed by atoms with Crippen LogP contribution in [0.15, 0.2) is 36.4 Å². The Labute approximate surface area is 107 Å². The first kappa shape index (κ1) is 11.0. The van der Waals surface area contributed by atoms with Crippen molar-refractivity contribution in [3.05, 3.63) is 57.3 Å². The average molecular weight is 243 g/mol. The lowest BCUT2D eigenvalue weighted by molar-refractivity contribution is 0.247. The van der Waals surface area contributed by atoms with Crippen molar-refractivity contribution < 1.29 is 0 Å². The molecule has 2 heterocycles. The standard InChI is InChI=1S/C15H17NS/c1-12-9-14-11-16(8-7-15(14)17-12)10-13-5-3-2-4-6-13/h2-6,9H,7-8,10-11H2,1H3. The first-order chi connectivity index (χ1) is 8.31. The zero-order valence-electron chi connectivity index (χ0n) is 10.1. The molecule has 0 N–H and O–H groups in total. The molecule has 1 nitrogen and oxygen atoms in total. The number of benzene rings is 1. The highest BCUT2D eigenvalue weighted by molar-refractivity contribution is 7.12. The van der Waals surface area contributed by atoms with Crippen molar-refractivity contribution in [3.8, 4) is 0 Å². The highest BCUT2D eigenvalue weighted by atomic mass is 32.1. The fourth-order valence-electron chi connectivity index (χ4n) is 2.52. The van der Waals surface area contributed by atoms with E-state index in [4.69, 9.17) is 0 Å². The third-order valence-corrected chi connectivity index (χ3v) is 4.47. The fraction of sp³-hybridized carbons (Fsp3) is 0.333. The molecule has 1 aliphatic rings. The minimum atomic E-state index is 1.08. The van der Waals surface area contributed by atoms with Crippen molar-refractivity contribution in [2.75, 3.05) is 6.54 Å². The number of fused-ring (bicyclic) bond motifs is 1. The van der Waals surface area contributed by atoms with E-state index < -0.39 is 0 Å². The van der Waals surface area contributed by atoms with Gasteiger partial charge in [-0.15, -0.1) is 11.3 Å². The molecule has 0 spiro atoms. The monoisotopic (exact) mass is 243 g/mol. The van der Waals surface area contributed by atoms with Gasteiger partial charge in [-0.05, 0) is 30.5 Å². The highest BCUT2D eigenvalue weighted by Crippen LogP contribution is 2.28. The summed E-state index contributed by atoms with van der Waals surface area (Å²) in [5.41, 5.74) is 2.97. The second kappa shape index (κ2) is 4.63. The summed E-state index contributed by atoms with van der Waals surface area (Å²) in [5, 5.41) is 0. The van der Waals surface area contributed by atoms with Gasteiger partial charge in [0.1, 0.15) is 0 Å². The van der Waals surface area contributed by atoms with E-state index in [2.05, 4.69) is 48.2 Å². The molecule has 0 unspecified atom stereocenters. The molecule has 1 aromatic heterocycles. The third-order valence-electron chi connectivity index (χ3n) is 3.32. The molecule has 1 aromatic carbocycles. The van der Waals surface area contributed by atoms with E-state index >= 15 is 0 Å². The number of hydrogen-bond donors (Lipinski definition) is 0. The Bertz CT molecular complexity index is 501. The molecular weight excluding hydrogens is 226 g/mol. The van der Waals surface area contributed by atoms with Crippen LogP contribution in [-0.2, 0) is 19.5 Å². The van der Waals surface area contributed by atoms with Gasteiger partial charge in [0.15, 0.2) is 0 Å². The first-order valence-electron chi connectivity index (χ1n) is 6.16. The van der Waals surface area contributed by atoms with E-state index in [0.29, 0.717) is 0 Å². The topological polar surface area (TPSA) is 3.24 Å². The van der Waals surface area contributed by atoms with Crippen LogP contribution in [0.5, 0.6) is 0 Å². The van der Waals surface area contributed by atoms with E-state index in [1.165, 1.54) is 23.4 Å². The molecular formula is C15H17NS. The molecule has 2 aromatic rings. The minimum absolute atomic E-state index is 1.08. The largest absolute Gasteiger partial charge is 0.294 e. The average Bonchev–Trinajstić information content (AvgIpc) is 2.70. The van der Waals surface area contributed by atoms with Gasteiger partial charge in [0, 0.05) is 29.4 Å². The Morgan fingerprint density at radius 3 is 2.88 bits per heavy atom. The van der Waals surface area contributed by atoms with Crippen LogP contribution < -0.4 is 0 Å². The van der Waals surface area contributed by atoms with Gasteiger partial charge >= 0.3 is 0 Å². The predicted molar refractivity (Wildman–Crippen MR) is 73.3 cm³/mol. The van der Waals surface area contributed by atoms with E-state index in [1.807, 2.05) is 11.3 Å². The van der Waals surface area contributed by atoms with Crippen LogP contribution in [0, 0.1) is 6.92 Å². The Hall–Kier alpha value is -1.12. The van der Waals surface area contributed by atoms with Crippen LogP contribution in [0.1, 0.15) is 20.9 Å². The molecule has 0 fully saturated rings. The maximum Gasteiger partial charge on any atom is 0.0248 e. The summed E-state index contributed by atoms with van der Waals surface area (Å²) < 4.78 is 0. The van der Waals surface area contributed by atoms with Crippen molar-refractivity contribution >= 4 is 11.3 Å². The second-order valence-electron chi connectivity index (χ2n) is 4.75. The number of hydrogen-bond acceptors (Lipinski definition) is 2. The zero-order valence-corrected chi connectivity index (χ0v) is 11.0. The summed E-state index contributed by atoms with van der Waals surface area (Å²) in [5.74, 6) is 0. The quantitative estimate of drug-likeness (QED) is 0.779. The number of nitrogens with zero attached hydrogens (tertiary/aromatic N) is 1. The predicted octanol–water partition coefficient (Wildman–Crippen LogP) is 3.61. The summed E-state index contributed by atoms with van der Waals surface area (Å²) >= 11 is 1.97. The molecule has 0 radical (unpaired) electrons. The highest BCUT2D eigenvalue weighted by Gasteiger charge is 2.18. The molecule has 88 valence electrons. The normalized spacial score (nSPS) is 15.8. The van der Waals surface area contributed by atoms with Gasteiger partial charge in [0.25, 0.3) is 0 Å². The molecule has 0 aliphatic carbocycles. The summed E-state index contributed by atoms with van der Waals surface area (Å²) in [6, 6.07) is 13.1. The van der Waals surface area contributed by atoms with Gasteiger partial charge in [-0.1, -0.05) is 30.3 Å².